The van der Waals surface area contributed by atoms with E-state index >= 15 is 0 Å². The van der Waals surface area contributed by atoms with Gasteiger partial charge in [0.25, 0.3) is 0 Å². The second kappa shape index (κ2) is 6.02. The number of rotatable bonds is 6. The molecule has 1 fully saturated rings. The van der Waals surface area contributed by atoms with Crippen LogP contribution in [0.3, 0.4) is 0 Å². The van der Waals surface area contributed by atoms with Crippen LogP contribution >= 0.6 is 0 Å². The van der Waals surface area contributed by atoms with Crippen LogP contribution in [0.15, 0.2) is 0 Å². The molecule has 0 aromatic heterocycles. The van der Waals surface area contributed by atoms with Crippen molar-refractivity contribution in [2.45, 2.75) is 65.4 Å². The second-order valence-electron chi connectivity index (χ2n) is 6.20. The molecule has 0 aromatic carbocycles. The molecule has 0 radical (unpaired) electrons. The Labute approximate surface area is 101 Å². The fourth-order valence-corrected chi connectivity index (χ4v) is 2.56. The zero-order chi connectivity index (χ0) is 12.1. The van der Waals surface area contributed by atoms with E-state index in [2.05, 4.69) is 33.0 Å². The van der Waals surface area contributed by atoms with Crippen molar-refractivity contribution in [2.75, 3.05) is 19.7 Å². The standard InChI is InChI=1S/C14H29NO/c1-5-14(8-6-7-9-14)12-15-10-11-16-13(2,3)4/h15H,5-12H2,1-4H3. The van der Waals surface area contributed by atoms with Crippen LogP contribution in [0.1, 0.15) is 59.8 Å². The van der Waals surface area contributed by atoms with Crippen molar-refractivity contribution in [1.82, 2.24) is 5.32 Å². The largest absolute Gasteiger partial charge is 0.375 e. The first kappa shape index (κ1) is 14.0. The van der Waals surface area contributed by atoms with Crippen LogP contribution in [0.5, 0.6) is 0 Å². The van der Waals surface area contributed by atoms with Gasteiger partial charge in [-0.3, -0.25) is 0 Å². The van der Waals surface area contributed by atoms with E-state index in [4.69, 9.17) is 4.74 Å². The lowest BCUT2D eigenvalue weighted by Gasteiger charge is -2.28. The van der Waals surface area contributed by atoms with E-state index < -0.39 is 0 Å². The Morgan fingerprint density at radius 2 is 1.81 bits per heavy atom. The molecule has 1 rings (SSSR count). The Kier molecular flexibility index (Phi) is 5.26. The summed E-state index contributed by atoms with van der Waals surface area (Å²) in [6, 6.07) is 0. The lowest BCUT2D eigenvalue weighted by Crippen LogP contribution is -2.34. The van der Waals surface area contributed by atoms with Gasteiger partial charge in [0.15, 0.2) is 0 Å². The van der Waals surface area contributed by atoms with Crippen LogP contribution in [0.4, 0.5) is 0 Å². The topological polar surface area (TPSA) is 21.3 Å². The highest BCUT2D eigenvalue weighted by Crippen LogP contribution is 2.40. The summed E-state index contributed by atoms with van der Waals surface area (Å²) in [5.74, 6) is 0. The lowest BCUT2D eigenvalue weighted by molar-refractivity contribution is -0.00158. The third-order valence-corrected chi connectivity index (χ3v) is 3.73. The number of hydrogen-bond donors (Lipinski definition) is 1. The highest BCUT2D eigenvalue weighted by molar-refractivity contribution is 4.85. The van der Waals surface area contributed by atoms with E-state index in [9.17, 15) is 0 Å². The van der Waals surface area contributed by atoms with Crippen molar-refractivity contribution in [2.24, 2.45) is 5.41 Å². The first-order chi connectivity index (χ1) is 7.47. The minimum Gasteiger partial charge on any atom is -0.375 e. The molecular weight excluding hydrogens is 198 g/mol. The molecule has 1 aliphatic carbocycles. The summed E-state index contributed by atoms with van der Waals surface area (Å²) in [6.07, 6.45) is 7.00. The Bertz CT molecular complexity index is 189. The summed E-state index contributed by atoms with van der Waals surface area (Å²) in [6.45, 7) is 11.6. The maximum absolute atomic E-state index is 5.70. The molecule has 2 nitrogen and oxygen atoms in total. The molecule has 1 N–H and O–H groups in total. The Balaban J connectivity index is 2.10. The minimum absolute atomic E-state index is 0.00250. The molecule has 0 aliphatic heterocycles. The third kappa shape index (κ3) is 4.84. The molecule has 1 aliphatic rings. The summed E-state index contributed by atoms with van der Waals surface area (Å²) in [7, 11) is 0. The molecule has 0 unspecified atom stereocenters. The molecule has 0 amide bonds. The van der Waals surface area contributed by atoms with Crippen molar-refractivity contribution >= 4 is 0 Å². The van der Waals surface area contributed by atoms with Gasteiger partial charge in [0.2, 0.25) is 0 Å². The molecule has 96 valence electrons. The molecule has 0 saturated heterocycles. The summed E-state index contributed by atoms with van der Waals surface area (Å²) in [4.78, 5) is 0. The maximum atomic E-state index is 5.70. The van der Waals surface area contributed by atoms with Crippen LogP contribution in [0, 0.1) is 5.41 Å². The molecule has 1 saturated carbocycles. The first-order valence-electron chi connectivity index (χ1n) is 6.82. The molecular formula is C14H29NO. The van der Waals surface area contributed by atoms with Crippen LogP contribution in [0.25, 0.3) is 0 Å². The van der Waals surface area contributed by atoms with Gasteiger partial charge in [-0.1, -0.05) is 19.8 Å². The highest BCUT2D eigenvalue weighted by Gasteiger charge is 2.31. The van der Waals surface area contributed by atoms with E-state index in [1.807, 2.05) is 0 Å². The van der Waals surface area contributed by atoms with Gasteiger partial charge in [0, 0.05) is 13.1 Å². The van der Waals surface area contributed by atoms with Gasteiger partial charge in [-0.05, 0) is 45.4 Å². The summed E-state index contributed by atoms with van der Waals surface area (Å²) < 4.78 is 5.70. The van der Waals surface area contributed by atoms with Gasteiger partial charge in [0.1, 0.15) is 0 Å². The molecule has 2 heteroatoms. The molecule has 0 aromatic rings. The Morgan fingerprint density at radius 3 is 2.31 bits per heavy atom. The van der Waals surface area contributed by atoms with Crippen LogP contribution in [-0.2, 0) is 4.74 Å². The van der Waals surface area contributed by atoms with E-state index in [0.717, 1.165) is 13.2 Å². The molecule has 0 bridgehead atoms. The summed E-state index contributed by atoms with van der Waals surface area (Å²) in [5, 5.41) is 3.57. The van der Waals surface area contributed by atoms with Crippen molar-refractivity contribution in [3.05, 3.63) is 0 Å². The van der Waals surface area contributed by atoms with Crippen molar-refractivity contribution in [3.63, 3.8) is 0 Å². The number of hydrogen-bond acceptors (Lipinski definition) is 2. The fraction of sp³-hybridized carbons (Fsp3) is 1.00. The fourth-order valence-electron chi connectivity index (χ4n) is 2.56. The number of ether oxygens (including phenoxy) is 1. The maximum Gasteiger partial charge on any atom is 0.0599 e. The van der Waals surface area contributed by atoms with Gasteiger partial charge in [-0.15, -0.1) is 0 Å². The Morgan fingerprint density at radius 1 is 1.19 bits per heavy atom. The predicted molar refractivity (Wildman–Crippen MR) is 69.8 cm³/mol. The smallest absolute Gasteiger partial charge is 0.0599 e. The minimum atomic E-state index is -0.00250. The zero-order valence-corrected chi connectivity index (χ0v) is 11.6. The van der Waals surface area contributed by atoms with Crippen LogP contribution in [-0.4, -0.2) is 25.3 Å². The predicted octanol–water partition coefficient (Wildman–Crippen LogP) is 3.36. The Hall–Kier alpha value is -0.0800. The van der Waals surface area contributed by atoms with Gasteiger partial charge in [-0.25, -0.2) is 0 Å². The van der Waals surface area contributed by atoms with Gasteiger partial charge >= 0.3 is 0 Å². The van der Waals surface area contributed by atoms with Crippen molar-refractivity contribution in [3.8, 4) is 0 Å². The second-order valence-corrected chi connectivity index (χ2v) is 6.20. The van der Waals surface area contributed by atoms with Gasteiger partial charge in [-0.2, -0.15) is 0 Å². The first-order valence-corrected chi connectivity index (χ1v) is 6.82. The average Bonchev–Trinajstić information content (AvgIpc) is 2.65. The molecule has 0 heterocycles. The van der Waals surface area contributed by atoms with Gasteiger partial charge in [0.05, 0.1) is 12.2 Å². The van der Waals surface area contributed by atoms with E-state index in [1.165, 1.54) is 38.6 Å². The van der Waals surface area contributed by atoms with E-state index in [1.54, 1.807) is 0 Å². The van der Waals surface area contributed by atoms with Crippen LogP contribution < -0.4 is 5.32 Å². The molecule has 16 heavy (non-hydrogen) atoms. The van der Waals surface area contributed by atoms with Crippen molar-refractivity contribution < 1.29 is 4.74 Å². The quantitative estimate of drug-likeness (QED) is 0.703. The average molecular weight is 227 g/mol. The van der Waals surface area contributed by atoms with Crippen molar-refractivity contribution in [1.29, 1.82) is 0 Å². The number of nitrogens with one attached hydrogen (secondary N) is 1. The lowest BCUT2D eigenvalue weighted by atomic mass is 9.83. The highest BCUT2D eigenvalue weighted by atomic mass is 16.5. The monoisotopic (exact) mass is 227 g/mol. The zero-order valence-electron chi connectivity index (χ0n) is 11.6. The summed E-state index contributed by atoms with van der Waals surface area (Å²) in [5.41, 5.74) is 0.596. The molecule has 0 atom stereocenters. The summed E-state index contributed by atoms with van der Waals surface area (Å²) >= 11 is 0. The van der Waals surface area contributed by atoms with E-state index in [-0.39, 0.29) is 5.60 Å². The van der Waals surface area contributed by atoms with Crippen LogP contribution in [0.2, 0.25) is 0 Å². The normalized spacial score (nSPS) is 20.2. The van der Waals surface area contributed by atoms with Gasteiger partial charge < -0.3 is 10.1 Å². The van der Waals surface area contributed by atoms with E-state index in [0.29, 0.717) is 5.41 Å². The third-order valence-electron chi connectivity index (χ3n) is 3.73. The molecule has 0 spiro atoms. The SMILES string of the molecule is CCC1(CNCCOC(C)(C)C)CCCC1.